The second-order valence-electron chi connectivity index (χ2n) is 4.57. The summed E-state index contributed by atoms with van der Waals surface area (Å²) in [6, 6.07) is 5.91. The first kappa shape index (κ1) is 12.5. The fourth-order valence-electron chi connectivity index (χ4n) is 2.39. The smallest absolute Gasteiger partial charge is 0.228 e. The van der Waals surface area contributed by atoms with Crippen LogP contribution in [-0.2, 0) is 6.42 Å². The van der Waals surface area contributed by atoms with E-state index < -0.39 is 0 Å². The third-order valence-electron chi connectivity index (χ3n) is 3.34. The standard InChI is InChI=1S/C14H15BrN2O2/c1-18-12-6-5-9(15)8-11(12)13-10-4-2-3-7-16-14(10)19-17-13/h5-6,8,16H,2-4,7H2,1H3. The highest BCUT2D eigenvalue weighted by molar-refractivity contribution is 9.10. The fraction of sp³-hybridized carbons (Fsp3) is 0.357. The van der Waals surface area contributed by atoms with Crippen molar-refractivity contribution in [1.29, 1.82) is 0 Å². The van der Waals surface area contributed by atoms with Gasteiger partial charge in [0.1, 0.15) is 11.4 Å². The van der Waals surface area contributed by atoms with E-state index in [9.17, 15) is 0 Å². The molecular weight excluding hydrogens is 308 g/mol. The summed E-state index contributed by atoms with van der Waals surface area (Å²) in [5.74, 6) is 1.61. The van der Waals surface area contributed by atoms with Gasteiger partial charge in [-0.2, -0.15) is 0 Å². The zero-order valence-corrected chi connectivity index (χ0v) is 12.3. The number of aromatic nitrogens is 1. The van der Waals surface area contributed by atoms with Crippen LogP contribution >= 0.6 is 15.9 Å². The lowest BCUT2D eigenvalue weighted by Gasteiger charge is -2.08. The van der Waals surface area contributed by atoms with Crippen molar-refractivity contribution in [3.05, 3.63) is 28.2 Å². The Morgan fingerprint density at radius 1 is 1.37 bits per heavy atom. The van der Waals surface area contributed by atoms with Crippen LogP contribution in [0.15, 0.2) is 27.2 Å². The third kappa shape index (κ3) is 2.34. The molecule has 0 aliphatic carbocycles. The van der Waals surface area contributed by atoms with Crippen molar-refractivity contribution in [3.63, 3.8) is 0 Å². The van der Waals surface area contributed by atoms with E-state index in [0.717, 1.165) is 58.7 Å². The van der Waals surface area contributed by atoms with Gasteiger partial charge < -0.3 is 14.6 Å². The molecule has 0 saturated carbocycles. The minimum absolute atomic E-state index is 0.800. The molecule has 1 aromatic carbocycles. The average molecular weight is 323 g/mol. The Morgan fingerprint density at radius 3 is 3.11 bits per heavy atom. The number of anilines is 1. The van der Waals surface area contributed by atoms with E-state index >= 15 is 0 Å². The monoisotopic (exact) mass is 322 g/mol. The van der Waals surface area contributed by atoms with Gasteiger partial charge in [-0.1, -0.05) is 21.1 Å². The summed E-state index contributed by atoms with van der Waals surface area (Å²) in [6.07, 6.45) is 3.28. The maximum atomic E-state index is 5.43. The van der Waals surface area contributed by atoms with Gasteiger partial charge in [0, 0.05) is 22.1 Å². The number of hydrogen-bond donors (Lipinski definition) is 1. The molecule has 2 aromatic rings. The maximum absolute atomic E-state index is 5.43. The van der Waals surface area contributed by atoms with Gasteiger partial charge in [-0.3, -0.25) is 0 Å². The van der Waals surface area contributed by atoms with Crippen LogP contribution < -0.4 is 10.1 Å². The summed E-state index contributed by atoms with van der Waals surface area (Å²) < 4.78 is 11.9. The third-order valence-corrected chi connectivity index (χ3v) is 3.84. The number of fused-ring (bicyclic) bond motifs is 1. The van der Waals surface area contributed by atoms with E-state index in [1.807, 2.05) is 18.2 Å². The zero-order valence-electron chi connectivity index (χ0n) is 10.7. The highest BCUT2D eigenvalue weighted by atomic mass is 79.9. The fourth-order valence-corrected chi connectivity index (χ4v) is 2.75. The second-order valence-corrected chi connectivity index (χ2v) is 5.48. The van der Waals surface area contributed by atoms with E-state index in [2.05, 4.69) is 26.4 Å². The Hall–Kier alpha value is -1.49. The van der Waals surface area contributed by atoms with Crippen molar-refractivity contribution in [2.24, 2.45) is 0 Å². The molecule has 0 unspecified atom stereocenters. The summed E-state index contributed by atoms with van der Waals surface area (Å²) in [4.78, 5) is 0. The number of benzene rings is 1. The van der Waals surface area contributed by atoms with Gasteiger partial charge in [0.15, 0.2) is 0 Å². The van der Waals surface area contributed by atoms with Crippen LogP contribution in [0, 0.1) is 0 Å². The first-order valence-electron chi connectivity index (χ1n) is 6.36. The van der Waals surface area contributed by atoms with Crippen LogP contribution in [0.4, 0.5) is 5.88 Å². The number of halogens is 1. The van der Waals surface area contributed by atoms with Crippen LogP contribution in [-0.4, -0.2) is 18.8 Å². The van der Waals surface area contributed by atoms with Gasteiger partial charge in [0.05, 0.1) is 7.11 Å². The Morgan fingerprint density at radius 2 is 2.26 bits per heavy atom. The lowest BCUT2D eigenvalue weighted by molar-refractivity contribution is 0.413. The molecule has 100 valence electrons. The predicted molar refractivity (Wildman–Crippen MR) is 77.6 cm³/mol. The molecule has 0 spiro atoms. The molecule has 1 aromatic heterocycles. The Bertz CT molecular complexity index is 595. The molecule has 0 amide bonds. The van der Waals surface area contributed by atoms with Gasteiger partial charge in [0.25, 0.3) is 0 Å². The number of rotatable bonds is 2. The van der Waals surface area contributed by atoms with Crippen LogP contribution in [0.2, 0.25) is 0 Å². The predicted octanol–water partition coefficient (Wildman–Crippen LogP) is 3.86. The lowest BCUT2D eigenvalue weighted by atomic mass is 10.0. The topological polar surface area (TPSA) is 47.3 Å². The molecular formula is C14H15BrN2O2. The molecule has 1 aliphatic rings. The molecule has 5 heteroatoms. The van der Waals surface area contributed by atoms with Crippen LogP contribution in [0.25, 0.3) is 11.3 Å². The van der Waals surface area contributed by atoms with E-state index in [-0.39, 0.29) is 0 Å². The van der Waals surface area contributed by atoms with Crippen molar-refractivity contribution >= 4 is 21.8 Å². The molecule has 2 heterocycles. The van der Waals surface area contributed by atoms with Crippen molar-refractivity contribution in [2.45, 2.75) is 19.3 Å². The van der Waals surface area contributed by atoms with Crippen LogP contribution in [0.5, 0.6) is 5.75 Å². The van der Waals surface area contributed by atoms with E-state index in [0.29, 0.717) is 0 Å². The highest BCUT2D eigenvalue weighted by Gasteiger charge is 2.21. The Kier molecular flexibility index (Phi) is 3.46. The van der Waals surface area contributed by atoms with Gasteiger partial charge >= 0.3 is 0 Å². The summed E-state index contributed by atoms with van der Waals surface area (Å²) >= 11 is 3.49. The second kappa shape index (κ2) is 5.25. The summed E-state index contributed by atoms with van der Waals surface area (Å²) in [7, 11) is 1.67. The Labute approximate surface area is 120 Å². The molecule has 0 bridgehead atoms. The SMILES string of the molecule is COc1ccc(Br)cc1-c1noc2c1CCCCN2. The normalized spacial score (nSPS) is 14.4. The molecule has 4 nitrogen and oxygen atoms in total. The van der Waals surface area contributed by atoms with Crippen molar-refractivity contribution in [3.8, 4) is 17.0 Å². The quantitative estimate of drug-likeness (QED) is 0.912. The number of methoxy groups -OCH3 is 1. The van der Waals surface area contributed by atoms with E-state index in [1.165, 1.54) is 0 Å². The Balaban J connectivity index is 2.12. The lowest BCUT2D eigenvalue weighted by Crippen LogP contribution is -1.97. The molecule has 19 heavy (non-hydrogen) atoms. The molecule has 1 aliphatic heterocycles. The molecule has 1 N–H and O–H groups in total. The molecule has 0 radical (unpaired) electrons. The van der Waals surface area contributed by atoms with E-state index in [4.69, 9.17) is 9.26 Å². The zero-order chi connectivity index (χ0) is 13.2. The first-order chi connectivity index (χ1) is 9.29. The van der Waals surface area contributed by atoms with Gasteiger partial charge in [-0.25, -0.2) is 0 Å². The summed E-state index contributed by atoms with van der Waals surface area (Å²) in [5, 5.41) is 7.51. The number of ether oxygens (including phenoxy) is 1. The first-order valence-corrected chi connectivity index (χ1v) is 7.15. The summed E-state index contributed by atoms with van der Waals surface area (Å²) in [6.45, 7) is 0.942. The number of hydrogen-bond acceptors (Lipinski definition) is 4. The average Bonchev–Trinajstić information content (AvgIpc) is 2.67. The summed E-state index contributed by atoms with van der Waals surface area (Å²) in [5.41, 5.74) is 2.99. The van der Waals surface area contributed by atoms with Crippen molar-refractivity contribution in [1.82, 2.24) is 5.16 Å². The van der Waals surface area contributed by atoms with Crippen molar-refractivity contribution < 1.29 is 9.26 Å². The number of nitrogens with one attached hydrogen (secondary N) is 1. The largest absolute Gasteiger partial charge is 0.496 e. The van der Waals surface area contributed by atoms with Gasteiger partial charge in [0.2, 0.25) is 5.88 Å². The molecule has 3 rings (SSSR count). The highest BCUT2D eigenvalue weighted by Crippen LogP contribution is 2.37. The van der Waals surface area contributed by atoms with E-state index in [1.54, 1.807) is 7.11 Å². The minimum atomic E-state index is 0.800. The van der Waals surface area contributed by atoms with Gasteiger partial charge in [-0.05, 0) is 37.5 Å². The maximum Gasteiger partial charge on any atom is 0.228 e. The number of nitrogens with zero attached hydrogens (tertiary/aromatic N) is 1. The van der Waals surface area contributed by atoms with Crippen molar-refractivity contribution in [2.75, 3.05) is 19.0 Å². The molecule has 0 saturated heterocycles. The van der Waals surface area contributed by atoms with Crippen LogP contribution in [0.1, 0.15) is 18.4 Å². The minimum Gasteiger partial charge on any atom is -0.496 e. The molecule has 0 fully saturated rings. The van der Waals surface area contributed by atoms with Gasteiger partial charge in [-0.15, -0.1) is 0 Å². The van der Waals surface area contributed by atoms with Crippen LogP contribution in [0.3, 0.4) is 0 Å². The molecule has 0 atom stereocenters.